The molecule has 8 rings (SSSR count). The summed E-state index contributed by atoms with van der Waals surface area (Å²) in [6, 6.07) is 16.6. The van der Waals surface area contributed by atoms with Gasteiger partial charge in [0.25, 0.3) is 5.91 Å². The number of benzene rings is 1. The molecule has 1 aliphatic carbocycles. The van der Waals surface area contributed by atoms with E-state index < -0.39 is 0 Å². The summed E-state index contributed by atoms with van der Waals surface area (Å²) in [5.41, 5.74) is 3.70. The van der Waals surface area contributed by atoms with E-state index in [1.165, 1.54) is 12.0 Å². The molecular formula is C31H32N8O2. The molecule has 4 aromatic rings. The van der Waals surface area contributed by atoms with Crippen LogP contribution in [0.1, 0.15) is 53.0 Å². The molecule has 208 valence electrons. The first-order valence-corrected chi connectivity index (χ1v) is 14.6. The second kappa shape index (κ2) is 9.37. The number of urea groups is 1. The highest BCUT2D eigenvalue weighted by Gasteiger charge is 2.60. The predicted octanol–water partition coefficient (Wildman–Crippen LogP) is 3.92. The van der Waals surface area contributed by atoms with E-state index in [2.05, 4.69) is 59.5 Å². The summed E-state index contributed by atoms with van der Waals surface area (Å²) in [5, 5.41) is 11.5. The number of piperazine rings is 1. The average molecular weight is 549 g/mol. The number of amides is 3. The Balaban J connectivity index is 1.04. The predicted molar refractivity (Wildman–Crippen MR) is 153 cm³/mol. The number of rotatable bonds is 4. The number of H-pyrrole nitrogens is 1. The highest BCUT2D eigenvalue weighted by molar-refractivity contribution is 6.04. The Morgan fingerprint density at radius 1 is 1.07 bits per heavy atom. The lowest BCUT2D eigenvalue weighted by molar-refractivity contribution is 0.0480. The van der Waals surface area contributed by atoms with Crippen molar-refractivity contribution in [3.63, 3.8) is 0 Å². The smallest absolute Gasteiger partial charge is 0.318 e. The molecule has 2 saturated heterocycles. The fourth-order valence-electron chi connectivity index (χ4n) is 7.14. The Morgan fingerprint density at radius 3 is 2.80 bits per heavy atom. The maximum atomic E-state index is 14.4. The van der Waals surface area contributed by atoms with Gasteiger partial charge in [-0.15, -0.1) is 0 Å². The molecular weight excluding hydrogens is 516 g/mol. The average Bonchev–Trinajstić information content (AvgIpc) is 3.33. The molecule has 0 radical (unpaired) electrons. The Hall–Kier alpha value is -4.31. The number of hydrogen-bond acceptors (Lipinski definition) is 6. The number of aromatic nitrogens is 4. The third kappa shape index (κ3) is 4.08. The van der Waals surface area contributed by atoms with E-state index in [4.69, 9.17) is 0 Å². The van der Waals surface area contributed by atoms with Gasteiger partial charge < -0.3 is 15.1 Å². The van der Waals surface area contributed by atoms with Crippen LogP contribution in [0, 0.1) is 0 Å². The van der Waals surface area contributed by atoms with Crippen LogP contribution in [-0.2, 0) is 18.5 Å². The number of hydrogen-bond donors (Lipinski definition) is 2. The van der Waals surface area contributed by atoms with Crippen molar-refractivity contribution in [3.8, 4) is 0 Å². The zero-order valence-electron chi connectivity index (χ0n) is 22.8. The lowest BCUT2D eigenvalue weighted by Crippen LogP contribution is -2.61. The Morgan fingerprint density at radius 2 is 1.95 bits per heavy atom. The standard InChI is InChI=1S/C31H32N8O2/c40-29(25-9-8-21-10-13-32-16-26(21)33-25)34-28-24-19-39(31(11-12-31)27(24)35-36-28)30(41)38-18-22-7-4-14-37(22)17-23(38)15-20-5-2-1-3-6-20/h1-3,5-6,8-10,13,16,22-23H,4,7,11-12,14-15,17-19H2,(H2,34,35,36,40)/t22-,23-/m0/s1. The van der Waals surface area contributed by atoms with E-state index in [0.717, 1.165) is 62.0 Å². The topological polar surface area (TPSA) is 110 Å². The molecule has 1 aromatic carbocycles. The van der Waals surface area contributed by atoms with Crippen molar-refractivity contribution in [2.45, 2.75) is 56.3 Å². The van der Waals surface area contributed by atoms with E-state index in [0.29, 0.717) is 29.6 Å². The van der Waals surface area contributed by atoms with Gasteiger partial charge in [0.2, 0.25) is 0 Å². The lowest BCUT2D eigenvalue weighted by atomic mass is 10.00. The molecule has 0 bridgehead atoms. The van der Waals surface area contributed by atoms with Crippen molar-refractivity contribution in [1.29, 1.82) is 0 Å². The second-order valence-electron chi connectivity index (χ2n) is 11.8. The number of carbonyl (C=O) groups excluding carboxylic acids is 2. The van der Waals surface area contributed by atoms with Gasteiger partial charge in [-0.25, -0.2) is 9.78 Å². The molecule has 10 nitrogen and oxygen atoms in total. The quantitative estimate of drug-likeness (QED) is 0.400. The third-order valence-corrected chi connectivity index (χ3v) is 9.43. The van der Waals surface area contributed by atoms with Gasteiger partial charge in [0.15, 0.2) is 5.82 Å². The first kappa shape index (κ1) is 24.5. The molecule has 2 atom stereocenters. The summed E-state index contributed by atoms with van der Waals surface area (Å²) in [6.45, 7) is 3.22. The van der Waals surface area contributed by atoms with Crippen LogP contribution in [0.3, 0.4) is 0 Å². The van der Waals surface area contributed by atoms with Crippen molar-refractivity contribution < 1.29 is 9.59 Å². The summed E-state index contributed by atoms with van der Waals surface area (Å²) < 4.78 is 0. The number of carbonyl (C=O) groups is 2. The van der Waals surface area contributed by atoms with Crippen molar-refractivity contribution in [1.82, 2.24) is 34.9 Å². The summed E-state index contributed by atoms with van der Waals surface area (Å²) >= 11 is 0. The normalized spacial score (nSPS) is 22.6. The molecule has 1 spiro atoms. The van der Waals surface area contributed by atoms with Gasteiger partial charge in [-0.2, -0.15) is 5.10 Å². The van der Waals surface area contributed by atoms with Crippen LogP contribution < -0.4 is 5.32 Å². The number of nitrogens with one attached hydrogen (secondary N) is 2. The summed E-state index contributed by atoms with van der Waals surface area (Å²) in [6.07, 6.45) is 8.33. The number of nitrogens with zero attached hydrogens (tertiary/aromatic N) is 6. The first-order chi connectivity index (χ1) is 20.1. The van der Waals surface area contributed by atoms with Crippen LogP contribution in [0.25, 0.3) is 10.9 Å². The molecule has 0 unspecified atom stereocenters. The van der Waals surface area contributed by atoms with E-state index in [9.17, 15) is 9.59 Å². The summed E-state index contributed by atoms with van der Waals surface area (Å²) in [7, 11) is 0. The minimum Gasteiger partial charge on any atom is -0.318 e. The minimum atomic E-state index is -0.362. The van der Waals surface area contributed by atoms with Gasteiger partial charge in [0, 0.05) is 36.3 Å². The van der Waals surface area contributed by atoms with Crippen LogP contribution in [0.15, 0.2) is 60.9 Å². The second-order valence-corrected chi connectivity index (χ2v) is 11.8. The van der Waals surface area contributed by atoms with Crippen molar-refractivity contribution in [3.05, 3.63) is 83.4 Å². The van der Waals surface area contributed by atoms with E-state index in [1.54, 1.807) is 18.5 Å². The molecule has 2 N–H and O–H groups in total. The van der Waals surface area contributed by atoms with Gasteiger partial charge in [-0.05, 0) is 56.3 Å². The molecule has 6 heterocycles. The largest absolute Gasteiger partial charge is 0.321 e. The Bertz CT molecular complexity index is 1650. The first-order valence-electron chi connectivity index (χ1n) is 14.6. The van der Waals surface area contributed by atoms with Gasteiger partial charge >= 0.3 is 6.03 Å². The molecule has 10 heteroatoms. The van der Waals surface area contributed by atoms with Crippen molar-refractivity contribution >= 4 is 28.7 Å². The lowest BCUT2D eigenvalue weighted by Gasteiger charge is -2.45. The third-order valence-electron chi connectivity index (χ3n) is 9.43. The minimum absolute atomic E-state index is 0.0977. The van der Waals surface area contributed by atoms with Crippen molar-refractivity contribution in [2.24, 2.45) is 0 Å². The Kier molecular flexibility index (Phi) is 5.60. The van der Waals surface area contributed by atoms with Gasteiger partial charge in [-0.3, -0.25) is 19.8 Å². The molecule has 3 fully saturated rings. The Labute approximate surface area is 237 Å². The summed E-state index contributed by atoms with van der Waals surface area (Å²) in [4.78, 5) is 42.9. The van der Waals surface area contributed by atoms with Gasteiger partial charge in [-0.1, -0.05) is 36.4 Å². The fourth-order valence-corrected chi connectivity index (χ4v) is 7.14. The van der Waals surface area contributed by atoms with E-state index in [1.807, 2.05) is 23.1 Å². The van der Waals surface area contributed by atoms with Crippen LogP contribution in [0.5, 0.6) is 0 Å². The maximum Gasteiger partial charge on any atom is 0.321 e. The molecule has 41 heavy (non-hydrogen) atoms. The zero-order chi connectivity index (χ0) is 27.6. The van der Waals surface area contributed by atoms with E-state index in [-0.39, 0.29) is 23.5 Å². The van der Waals surface area contributed by atoms with Crippen LogP contribution >= 0.6 is 0 Å². The molecule has 3 aliphatic heterocycles. The molecule has 3 aromatic heterocycles. The number of anilines is 1. The monoisotopic (exact) mass is 548 g/mol. The fraction of sp³-hybridized carbons (Fsp3) is 0.387. The molecule has 3 amide bonds. The van der Waals surface area contributed by atoms with Crippen LogP contribution in [0.4, 0.5) is 10.6 Å². The van der Waals surface area contributed by atoms with Crippen LogP contribution in [-0.4, -0.2) is 78.5 Å². The molecule has 1 saturated carbocycles. The zero-order valence-corrected chi connectivity index (χ0v) is 22.8. The van der Waals surface area contributed by atoms with Crippen LogP contribution in [0.2, 0.25) is 0 Å². The highest BCUT2D eigenvalue weighted by Crippen LogP contribution is 2.57. The molecule has 4 aliphatic rings. The maximum absolute atomic E-state index is 14.4. The van der Waals surface area contributed by atoms with Crippen molar-refractivity contribution in [2.75, 3.05) is 25.0 Å². The summed E-state index contributed by atoms with van der Waals surface area (Å²) in [5.74, 6) is 0.140. The number of aromatic amines is 1. The number of pyridine rings is 2. The van der Waals surface area contributed by atoms with Gasteiger partial charge in [0.1, 0.15) is 5.69 Å². The van der Waals surface area contributed by atoms with E-state index >= 15 is 0 Å². The SMILES string of the molecule is O=C(Nc1n[nH]c2c1CN(C(=O)N1C[C@@H]3CCCN3C[C@@H]1Cc1ccccc1)C21CC1)c1ccc2ccncc2n1. The highest BCUT2D eigenvalue weighted by atomic mass is 16.2. The number of fused-ring (bicyclic) bond motifs is 4. The van der Waals surface area contributed by atoms with Gasteiger partial charge in [0.05, 0.1) is 35.5 Å².